The van der Waals surface area contributed by atoms with E-state index in [0.717, 1.165) is 25.7 Å². The normalized spacial score (nSPS) is 18.7. The Morgan fingerprint density at radius 3 is 2.45 bits per heavy atom. The van der Waals surface area contributed by atoms with Crippen molar-refractivity contribution in [3.63, 3.8) is 0 Å². The lowest BCUT2D eigenvalue weighted by Crippen LogP contribution is -2.57. The van der Waals surface area contributed by atoms with Crippen molar-refractivity contribution >= 4 is 12.1 Å². The van der Waals surface area contributed by atoms with Gasteiger partial charge in [-0.05, 0) is 12.8 Å². The lowest BCUT2D eigenvalue weighted by Gasteiger charge is -2.33. The van der Waals surface area contributed by atoms with Gasteiger partial charge in [0, 0.05) is 19.6 Å². The second-order valence-electron chi connectivity index (χ2n) is 4.90. The molecule has 20 heavy (non-hydrogen) atoms. The molecule has 1 N–H and O–H groups in total. The molecule has 1 atom stereocenters. The summed E-state index contributed by atoms with van der Waals surface area (Å²) in [6.45, 7) is 6.44. The summed E-state index contributed by atoms with van der Waals surface area (Å²) in [6, 6.07) is -0.574. The molecule has 1 heterocycles. The van der Waals surface area contributed by atoms with Crippen LogP contribution >= 0.6 is 0 Å². The fourth-order valence-corrected chi connectivity index (χ4v) is 1.93. The molecule has 1 amide bonds. The van der Waals surface area contributed by atoms with Gasteiger partial charge in [-0.1, -0.05) is 26.7 Å². The Bertz CT molecular complexity index is 280. The number of ether oxygens (including phenoxy) is 2. The van der Waals surface area contributed by atoms with Crippen LogP contribution in [0, 0.1) is 0 Å². The number of unbranched alkanes of at least 4 members (excludes halogenated alkanes) is 2. The molecule has 6 nitrogen and oxygen atoms in total. The standard InChI is InChI=1S/C14H26N2O4/c1-3-5-9-19-13(17)12-11-15-7-8-16(12)14(18)20-10-6-4-2/h12,15H,3-11H2,1-2H3. The fraction of sp³-hybridized carbons (Fsp3) is 0.857. The zero-order valence-corrected chi connectivity index (χ0v) is 12.5. The maximum atomic E-state index is 12.0. The van der Waals surface area contributed by atoms with E-state index in [-0.39, 0.29) is 5.97 Å². The zero-order chi connectivity index (χ0) is 14.8. The maximum absolute atomic E-state index is 12.0. The average molecular weight is 286 g/mol. The van der Waals surface area contributed by atoms with Crippen LogP contribution in [0.2, 0.25) is 0 Å². The van der Waals surface area contributed by atoms with Crippen molar-refractivity contribution in [2.24, 2.45) is 0 Å². The van der Waals surface area contributed by atoms with Crippen LogP contribution in [0.5, 0.6) is 0 Å². The van der Waals surface area contributed by atoms with Gasteiger partial charge < -0.3 is 14.8 Å². The molecule has 1 aliphatic rings. The van der Waals surface area contributed by atoms with Gasteiger partial charge in [-0.3, -0.25) is 4.90 Å². The van der Waals surface area contributed by atoms with Gasteiger partial charge in [-0.2, -0.15) is 0 Å². The van der Waals surface area contributed by atoms with Crippen molar-refractivity contribution in [2.45, 2.75) is 45.6 Å². The van der Waals surface area contributed by atoms with Gasteiger partial charge in [0.1, 0.15) is 6.04 Å². The number of hydrogen-bond acceptors (Lipinski definition) is 5. The van der Waals surface area contributed by atoms with E-state index in [2.05, 4.69) is 5.32 Å². The quantitative estimate of drug-likeness (QED) is 0.568. The number of hydrogen-bond donors (Lipinski definition) is 1. The topological polar surface area (TPSA) is 67.9 Å². The maximum Gasteiger partial charge on any atom is 0.410 e. The Kier molecular flexibility index (Phi) is 8.02. The minimum atomic E-state index is -0.574. The van der Waals surface area contributed by atoms with Crippen LogP contribution in [0.4, 0.5) is 4.79 Å². The van der Waals surface area contributed by atoms with Crippen LogP contribution < -0.4 is 5.32 Å². The molecule has 0 aromatic heterocycles. The van der Waals surface area contributed by atoms with Crippen LogP contribution in [0.15, 0.2) is 0 Å². The highest BCUT2D eigenvalue weighted by molar-refractivity contribution is 5.82. The summed E-state index contributed by atoms with van der Waals surface area (Å²) >= 11 is 0. The number of carbonyl (C=O) groups excluding carboxylic acids is 2. The monoisotopic (exact) mass is 286 g/mol. The molecule has 0 aromatic carbocycles. The highest BCUT2D eigenvalue weighted by Gasteiger charge is 2.34. The van der Waals surface area contributed by atoms with Crippen molar-refractivity contribution in [1.29, 1.82) is 0 Å². The predicted octanol–water partition coefficient (Wildman–Crippen LogP) is 1.54. The molecule has 1 saturated heterocycles. The Labute approximate surface area is 120 Å². The lowest BCUT2D eigenvalue weighted by molar-refractivity contribution is -0.150. The molecule has 0 saturated carbocycles. The van der Waals surface area contributed by atoms with Crippen molar-refractivity contribution in [3.8, 4) is 0 Å². The molecule has 0 radical (unpaired) electrons. The van der Waals surface area contributed by atoms with Crippen molar-refractivity contribution in [1.82, 2.24) is 10.2 Å². The summed E-state index contributed by atoms with van der Waals surface area (Å²) in [4.78, 5) is 25.5. The molecule has 0 bridgehead atoms. The summed E-state index contributed by atoms with van der Waals surface area (Å²) < 4.78 is 10.4. The molecule has 1 fully saturated rings. The average Bonchev–Trinajstić information content (AvgIpc) is 2.47. The third kappa shape index (κ3) is 5.36. The number of piperazine rings is 1. The Balaban J connectivity index is 2.48. The molecular formula is C14H26N2O4. The highest BCUT2D eigenvalue weighted by Crippen LogP contribution is 2.09. The van der Waals surface area contributed by atoms with E-state index in [9.17, 15) is 9.59 Å². The van der Waals surface area contributed by atoms with Gasteiger partial charge in [0.2, 0.25) is 0 Å². The van der Waals surface area contributed by atoms with Gasteiger partial charge in [0.25, 0.3) is 0 Å². The molecule has 6 heteroatoms. The minimum absolute atomic E-state index is 0.349. The number of nitrogens with zero attached hydrogens (tertiary/aromatic N) is 1. The second-order valence-corrected chi connectivity index (χ2v) is 4.90. The Morgan fingerprint density at radius 2 is 1.80 bits per heavy atom. The van der Waals surface area contributed by atoms with E-state index < -0.39 is 12.1 Å². The number of esters is 1. The summed E-state index contributed by atoms with van der Waals surface area (Å²) in [5, 5.41) is 3.11. The summed E-state index contributed by atoms with van der Waals surface area (Å²) in [5.41, 5.74) is 0. The first-order valence-electron chi connectivity index (χ1n) is 7.51. The Hall–Kier alpha value is -1.30. The molecule has 0 aromatic rings. The molecule has 0 aliphatic carbocycles. The minimum Gasteiger partial charge on any atom is -0.464 e. The van der Waals surface area contributed by atoms with Crippen molar-refractivity contribution < 1.29 is 19.1 Å². The molecule has 116 valence electrons. The third-order valence-electron chi connectivity index (χ3n) is 3.22. The third-order valence-corrected chi connectivity index (χ3v) is 3.22. The van der Waals surface area contributed by atoms with Crippen LogP contribution in [0.3, 0.4) is 0 Å². The van der Waals surface area contributed by atoms with Gasteiger partial charge in [0.15, 0.2) is 0 Å². The number of rotatable bonds is 7. The van der Waals surface area contributed by atoms with Gasteiger partial charge in [-0.15, -0.1) is 0 Å². The van der Waals surface area contributed by atoms with Crippen LogP contribution in [-0.4, -0.2) is 55.9 Å². The smallest absolute Gasteiger partial charge is 0.410 e. The van der Waals surface area contributed by atoms with E-state index in [0.29, 0.717) is 32.8 Å². The summed E-state index contributed by atoms with van der Waals surface area (Å²) in [5.74, 6) is -0.349. The first-order valence-corrected chi connectivity index (χ1v) is 7.51. The van der Waals surface area contributed by atoms with E-state index in [1.807, 2.05) is 13.8 Å². The number of carbonyl (C=O) groups is 2. The number of amides is 1. The SMILES string of the molecule is CCCCOC(=O)C1CNCCN1C(=O)OCCCC. The van der Waals surface area contributed by atoms with E-state index >= 15 is 0 Å². The highest BCUT2D eigenvalue weighted by atomic mass is 16.6. The van der Waals surface area contributed by atoms with Crippen LogP contribution in [0.25, 0.3) is 0 Å². The molecule has 1 rings (SSSR count). The van der Waals surface area contributed by atoms with E-state index in [4.69, 9.17) is 9.47 Å². The summed E-state index contributed by atoms with van der Waals surface area (Å²) in [6.07, 6.45) is 3.20. The molecule has 1 aliphatic heterocycles. The fourth-order valence-electron chi connectivity index (χ4n) is 1.93. The van der Waals surface area contributed by atoms with Crippen LogP contribution in [0.1, 0.15) is 39.5 Å². The van der Waals surface area contributed by atoms with Gasteiger partial charge in [0.05, 0.1) is 13.2 Å². The molecule has 1 unspecified atom stereocenters. The van der Waals surface area contributed by atoms with Gasteiger partial charge in [-0.25, -0.2) is 9.59 Å². The first kappa shape index (κ1) is 16.8. The Morgan fingerprint density at radius 1 is 1.15 bits per heavy atom. The van der Waals surface area contributed by atoms with Crippen molar-refractivity contribution in [2.75, 3.05) is 32.8 Å². The van der Waals surface area contributed by atoms with E-state index in [1.54, 1.807) is 0 Å². The van der Waals surface area contributed by atoms with Crippen LogP contribution in [-0.2, 0) is 14.3 Å². The molecule has 0 spiro atoms. The predicted molar refractivity (Wildman–Crippen MR) is 75.5 cm³/mol. The lowest BCUT2D eigenvalue weighted by atomic mass is 10.2. The van der Waals surface area contributed by atoms with Crippen molar-refractivity contribution in [3.05, 3.63) is 0 Å². The second kappa shape index (κ2) is 9.58. The summed E-state index contributed by atoms with van der Waals surface area (Å²) in [7, 11) is 0. The van der Waals surface area contributed by atoms with E-state index in [1.165, 1.54) is 4.90 Å². The number of nitrogens with one attached hydrogen (secondary N) is 1. The first-order chi connectivity index (χ1) is 9.70. The van der Waals surface area contributed by atoms with Gasteiger partial charge >= 0.3 is 12.1 Å². The molecular weight excluding hydrogens is 260 g/mol. The zero-order valence-electron chi connectivity index (χ0n) is 12.5. The largest absolute Gasteiger partial charge is 0.464 e.